The Bertz CT molecular complexity index is 417. The van der Waals surface area contributed by atoms with Crippen molar-refractivity contribution in [2.45, 2.75) is 26.4 Å². The van der Waals surface area contributed by atoms with Gasteiger partial charge in [0.2, 0.25) is 0 Å². The topological polar surface area (TPSA) is 49.8 Å². The summed E-state index contributed by atoms with van der Waals surface area (Å²) >= 11 is 0. The molecule has 0 aromatic heterocycles. The molecule has 4 heteroatoms. The molecule has 4 nitrogen and oxygen atoms in total. The third-order valence-electron chi connectivity index (χ3n) is 2.60. The van der Waals surface area contributed by atoms with Crippen LogP contribution in [0.3, 0.4) is 0 Å². The summed E-state index contributed by atoms with van der Waals surface area (Å²) in [5.74, 6) is 0.740. The predicted octanol–water partition coefficient (Wildman–Crippen LogP) is 1.92. The normalized spacial score (nSPS) is 19.2. The number of fused-ring (bicyclic) bond motifs is 1. The number of aromatic hydroxyl groups is 1. The van der Waals surface area contributed by atoms with Crippen molar-refractivity contribution < 1.29 is 14.6 Å². The summed E-state index contributed by atoms with van der Waals surface area (Å²) in [4.78, 5) is 13.6. The minimum absolute atomic E-state index is 0.0556. The highest BCUT2D eigenvalue weighted by Gasteiger charge is 2.30. The minimum atomic E-state index is -0.455. The highest BCUT2D eigenvalue weighted by atomic mass is 16.5. The molecule has 86 valence electrons. The van der Waals surface area contributed by atoms with Gasteiger partial charge in [-0.25, -0.2) is 0 Å². The Morgan fingerprint density at radius 1 is 1.50 bits per heavy atom. The van der Waals surface area contributed by atoms with E-state index in [0.717, 1.165) is 6.42 Å². The van der Waals surface area contributed by atoms with Crippen LogP contribution in [-0.4, -0.2) is 23.7 Å². The molecule has 0 radical (unpaired) electrons. The maximum atomic E-state index is 11.9. The molecule has 0 spiro atoms. The van der Waals surface area contributed by atoms with Gasteiger partial charge in [-0.3, -0.25) is 4.79 Å². The number of nitrogens with zero attached hydrogens (tertiary/aromatic N) is 1. The molecule has 1 atom stereocenters. The molecule has 0 saturated heterocycles. The summed E-state index contributed by atoms with van der Waals surface area (Å²) in [5, 5.41) is 9.43. The van der Waals surface area contributed by atoms with Crippen molar-refractivity contribution in [2.75, 3.05) is 11.4 Å². The summed E-state index contributed by atoms with van der Waals surface area (Å²) in [5.41, 5.74) is 0.657. The predicted molar refractivity (Wildman–Crippen MR) is 60.8 cm³/mol. The maximum Gasteiger partial charge on any atom is 0.267 e. The van der Waals surface area contributed by atoms with E-state index in [1.54, 1.807) is 30.0 Å². The van der Waals surface area contributed by atoms with Crippen molar-refractivity contribution in [3.8, 4) is 11.5 Å². The summed E-state index contributed by atoms with van der Waals surface area (Å²) in [6.45, 7) is 4.39. The van der Waals surface area contributed by atoms with E-state index in [2.05, 4.69) is 0 Å². The van der Waals surface area contributed by atoms with Gasteiger partial charge in [0.1, 0.15) is 11.5 Å². The van der Waals surface area contributed by atoms with E-state index in [9.17, 15) is 9.90 Å². The number of amides is 1. The van der Waals surface area contributed by atoms with Crippen LogP contribution in [0.15, 0.2) is 18.2 Å². The van der Waals surface area contributed by atoms with Crippen molar-refractivity contribution in [3.05, 3.63) is 18.2 Å². The molecule has 1 heterocycles. The first-order chi connectivity index (χ1) is 7.63. The van der Waals surface area contributed by atoms with E-state index >= 15 is 0 Å². The number of rotatable bonds is 2. The summed E-state index contributed by atoms with van der Waals surface area (Å²) in [6, 6.07) is 4.82. The van der Waals surface area contributed by atoms with Gasteiger partial charge in [0.05, 0.1) is 5.69 Å². The first kappa shape index (κ1) is 10.8. The number of carbonyl (C=O) groups excluding carboxylic acids is 1. The monoisotopic (exact) mass is 221 g/mol. The summed E-state index contributed by atoms with van der Waals surface area (Å²) < 4.78 is 5.47. The highest BCUT2D eigenvalue weighted by molar-refractivity contribution is 5.99. The molecule has 1 amide bonds. The molecular weight excluding hydrogens is 206 g/mol. The van der Waals surface area contributed by atoms with E-state index in [0.29, 0.717) is 18.0 Å². The van der Waals surface area contributed by atoms with Crippen LogP contribution < -0.4 is 9.64 Å². The van der Waals surface area contributed by atoms with E-state index in [1.807, 2.05) is 6.92 Å². The number of phenols is 1. The molecule has 1 N–H and O–H groups in total. The fraction of sp³-hybridized carbons (Fsp3) is 0.417. The Morgan fingerprint density at radius 2 is 2.25 bits per heavy atom. The Labute approximate surface area is 94.4 Å². The van der Waals surface area contributed by atoms with Crippen molar-refractivity contribution in [1.82, 2.24) is 0 Å². The molecule has 0 bridgehead atoms. The van der Waals surface area contributed by atoms with Crippen LogP contribution in [0.4, 0.5) is 5.69 Å². The van der Waals surface area contributed by atoms with Gasteiger partial charge in [0, 0.05) is 12.6 Å². The lowest BCUT2D eigenvalue weighted by Crippen LogP contribution is -2.44. The van der Waals surface area contributed by atoms with Crippen molar-refractivity contribution in [2.24, 2.45) is 0 Å². The molecule has 0 saturated carbocycles. The van der Waals surface area contributed by atoms with Crippen molar-refractivity contribution >= 4 is 11.6 Å². The minimum Gasteiger partial charge on any atom is -0.508 e. The SMILES string of the molecule is CCCN1C(=O)C(C)Oc2ccc(O)cc21. The average molecular weight is 221 g/mol. The van der Waals surface area contributed by atoms with Gasteiger partial charge in [-0.05, 0) is 25.5 Å². The molecule has 16 heavy (non-hydrogen) atoms. The van der Waals surface area contributed by atoms with E-state index in [4.69, 9.17) is 4.74 Å². The van der Waals surface area contributed by atoms with Crippen molar-refractivity contribution in [1.29, 1.82) is 0 Å². The third-order valence-corrected chi connectivity index (χ3v) is 2.60. The van der Waals surface area contributed by atoms with E-state index < -0.39 is 6.10 Å². The Balaban J connectivity index is 2.45. The van der Waals surface area contributed by atoms with Crippen LogP contribution in [0.25, 0.3) is 0 Å². The van der Waals surface area contributed by atoms with Gasteiger partial charge in [-0.15, -0.1) is 0 Å². The number of ether oxygens (including phenoxy) is 1. The Hall–Kier alpha value is -1.71. The zero-order valence-corrected chi connectivity index (χ0v) is 9.43. The number of hydrogen-bond acceptors (Lipinski definition) is 3. The smallest absolute Gasteiger partial charge is 0.267 e. The third kappa shape index (κ3) is 1.71. The first-order valence-corrected chi connectivity index (χ1v) is 5.44. The second-order valence-electron chi connectivity index (χ2n) is 3.90. The Kier molecular flexibility index (Phi) is 2.73. The quantitative estimate of drug-likeness (QED) is 0.830. The number of benzene rings is 1. The highest BCUT2D eigenvalue weighted by Crippen LogP contribution is 2.36. The molecule has 1 aromatic rings. The van der Waals surface area contributed by atoms with Crippen molar-refractivity contribution in [3.63, 3.8) is 0 Å². The zero-order valence-electron chi connectivity index (χ0n) is 9.43. The van der Waals surface area contributed by atoms with Crippen LogP contribution in [0.1, 0.15) is 20.3 Å². The largest absolute Gasteiger partial charge is 0.508 e. The summed E-state index contributed by atoms with van der Waals surface area (Å²) in [6.07, 6.45) is 0.414. The molecule has 0 fully saturated rings. The molecule has 0 aliphatic carbocycles. The van der Waals surface area contributed by atoms with Gasteiger partial charge < -0.3 is 14.7 Å². The second kappa shape index (κ2) is 4.04. The van der Waals surface area contributed by atoms with Gasteiger partial charge in [0.15, 0.2) is 6.10 Å². The van der Waals surface area contributed by atoms with Crippen LogP contribution in [0.2, 0.25) is 0 Å². The van der Waals surface area contributed by atoms with E-state index in [1.165, 1.54) is 0 Å². The zero-order chi connectivity index (χ0) is 11.7. The number of anilines is 1. The standard InChI is InChI=1S/C12H15NO3/c1-3-6-13-10-7-9(14)4-5-11(10)16-8(2)12(13)15/h4-5,7-8,14H,3,6H2,1-2H3. The van der Waals surface area contributed by atoms with Gasteiger partial charge in [-0.1, -0.05) is 6.92 Å². The number of carbonyl (C=O) groups is 1. The molecule has 1 unspecified atom stereocenters. The molecule has 1 aliphatic rings. The lowest BCUT2D eigenvalue weighted by atomic mass is 10.1. The van der Waals surface area contributed by atoms with Crippen LogP contribution >= 0.6 is 0 Å². The fourth-order valence-corrected chi connectivity index (χ4v) is 1.85. The van der Waals surface area contributed by atoms with Gasteiger partial charge in [-0.2, -0.15) is 0 Å². The average Bonchev–Trinajstić information content (AvgIpc) is 2.26. The lowest BCUT2D eigenvalue weighted by Gasteiger charge is -2.32. The van der Waals surface area contributed by atoms with Crippen LogP contribution in [0.5, 0.6) is 11.5 Å². The molecule has 1 aliphatic heterocycles. The molecular formula is C12H15NO3. The molecule has 2 rings (SSSR count). The van der Waals surface area contributed by atoms with E-state index in [-0.39, 0.29) is 11.7 Å². The van der Waals surface area contributed by atoms with Crippen LogP contribution in [0, 0.1) is 0 Å². The van der Waals surface area contributed by atoms with Gasteiger partial charge in [0.25, 0.3) is 5.91 Å². The van der Waals surface area contributed by atoms with Crippen LogP contribution in [-0.2, 0) is 4.79 Å². The fourth-order valence-electron chi connectivity index (χ4n) is 1.85. The molecule has 1 aromatic carbocycles. The lowest BCUT2D eigenvalue weighted by molar-refractivity contribution is -0.125. The first-order valence-electron chi connectivity index (χ1n) is 5.44. The second-order valence-corrected chi connectivity index (χ2v) is 3.90. The Morgan fingerprint density at radius 3 is 2.94 bits per heavy atom. The number of phenolic OH excluding ortho intramolecular Hbond substituents is 1. The summed E-state index contributed by atoms with van der Waals surface area (Å²) in [7, 11) is 0. The maximum absolute atomic E-state index is 11.9. The van der Waals surface area contributed by atoms with Gasteiger partial charge >= 0.3 is 0 Å². The number of hydrogen-bond donors (Lipinski definition) is 1.